The van der Waals surface area contributed by atoms with Crippen LogP contribution in [-0.4, -0.2) is 14.2 Å². The molecule has 0 bridgehead atoms. The summed E-state index contributed by atoms with van der Waals surface area (Å²) in [6, 6.07) is 9.35. The maximum atomic E-state index is 11.7. The molecule has 0 aliphatic heterocycles. The van der Waals surface area contributed by atoms with E-state index < -0.39 is 9.84 Å². The summed E-state index contributed by atoms with van der Waals surface area (Å²) in [5.74, 6) is 0.267. The third-order valence-electron chi connectivity index (χ3n) is 2.30. The Labute approximate surface area is 85.9 Å². The van der Waals surface area contributed by atoms with Gasteiger partial charge in [-0.3, -0.25) is 0 Å². The first-order chi connectivity index (χ1) is 6.58. The fourth-order valence-electron chi connectivity index (χ4n) is 1.39. The van der Waals surface area contributed by atoms with Gasteiger partial charge in [0.25, 0.3) is 0 Å². The van der Waals surface area contributed by atoms with Crippen LogP contribution in [0.3, 0.4) is 0 Å². The highest BCUT2D eigenvalue weighted by molar-refractivity contribution is 7.91. The van der Waals surface area contributed by atoms with E-state index in [-0.39, 0.29) is 11.0 Å². The lowest BCUT2D eigenvalue weighted by molar-refractivity contribution is 0.585. The molecule has 1 aromatic carbocycles. The first kappa shape index (κ1) is 11.2. The second-order valence-corrected chi connectivity index (χ2v) is 5.86. The van der Waals surface area contributed by atoms with Crippen LogP contribution in [0.4, 0.5) is 0 Å². The molecule has 2 nitrogen and oxygen atoms in total. The first-order valence-corrected chi connectivity index (χ1v) is 6.56. The molecule has 0 N–H and O–H groups in total. The van der Waals surface area contributed by atoms with E-state index in [0.29, 0.717) is 6.42 Å². The topological polar surface area (TPSA) is 34.1 Å². The Hall–Kier alpha value is -0.830. The van der Waals surface area contributed by atoms with E-state index in [0.717, 1.165) is 5.56 Å². The van der Waals surface area contributed by atoms with E-state index in [2.05, 4.69) is 0 Å². The van der Waals surface area contributed by atoms with Gasteiger partial charge in [-0.1, -0.05) is 37.3 Å². The van der Waals surface area contributed by atoms with Crippen molar-refractivity contribution in [1.29, 1.82) is 0 Å². The van der Waals surface area contributed by atoms with Crippen molar-refractivity contribution in [3.63, 3.8) is 0 Å². The molecule has 1 rings (SSSR count). The molecule has 14 heavy (non-hydrogen) atoms. The van der Waals surface area contributed by atoms with E-state index in [1.807, 2.05) is 37.3 Å². The monoisotopic (exact) mass is 212 g/mol. The summed E-state index contributed by atoms with van der Waals surface area (Å²) in [7, 11) is -2.96. The summed E-state index contributed by atoms with van der Waals surface area (Å²) in [4.78, 5) is 0. The third kappa shape index (κ3) is 2.58. The molecule has 1 atom stereocenters. The van der Waals surface area contributed by atoms with Crippen LogP contribution in [0.25, 0.3) is 0 Å². The summed E-state index contributed by atoms with van der Waals surface area (Å²) in [5.41, 5.74) is 0.876. The van der Waals surface area contributed by atoms with Crippen molar-refractivity contribution in [2.45, 2.75) is 25.5 Å². The molecule has 0 spiro atoms. The van der Waals surface area contributed by atoms with Gasteiger partial charge in [0.1, 0.15) is 0 Å². The maximum Gasteiger partial charge on any atom is 0.157 e. The molecule has 0 aliphatic rings. The summed E-state index contributed by atoms with van der Waals surface area (Å²) in [5, 5.41) is -0.386. The highest BCUT2D eigenvalue weighted by Crippen LogP contribution is 2.22. The molecule has 1 unspecified atom stereocenters. The fraction of sp³-hybridized carbons (Fsp3) is 0.455. The average Bonchev–Trinajstić information content (AvgIpc) is 2.18. The SMILES string of the molecule is CCCS(=O)(=O)C(C)c1ccccc1. The Kier molecular flexibility index (Phi) is 3.69. The lowest BCUT2D eigenvalue weighted by Crippen LogP contribution is -2.13. The number of sulfone groups is 1. The van der Waals surface area contributed by atoms with Gasteiger partial charge < -0.3 is 0 Å². The van der Waals surface area contributed by atoms with Crippen molar-refractivity contribution in [1.82, 2.24) is 0 Å². The molecule has 0 aliphatic carbocycles. The standard InChI is InChI=1S/C11H16O2S/c1-3-9-14(12,13)10(2)11-7-5-4-6-8-11/h4-8,10H,3,9H2,1-2H3. The molecule has 0 saturated carbocycles. The van der Waals surface area contributed by atoms with Crippen LogP contribution < -0.4 is 0 Å². The highest BCUT2D eigenvalue weighted by Gasteiger charge is 2.20. The Morgan fingerprint density at radius 1 is 1.21 bits per heavy atom. The Morgan fingerprint density at radius 2 is 1.79 bits per heavy atom. The van der Waals surface area contributed by atoms with Crippen LogP contribution >= 0.6 is 0 Å². The van der Waals surface area contributed by atoms with Crippen LogP contribution in [-0.2, 0) is 9.84 Å². The van der Waals surface area contributed by atoms with E-state index in [1.54, 1.807) is 6.92 Å². The Balaban J connectivity index is 2.91. The summed E-state index contributed by atoms with van der Waals surface area (Å²) >= 11 is 0. The van der Waals surface area contributed by atoms with Gasteiger partial charge in [-0.2, -0.15) is 0 Å². The van der Waals surface area contributed by atoms with E-state index in [1.165, 1.54) is 0 Å². The molecular weight excluding hydrogens is 196 g/mol. The number of hydrogen-bond acceptors (Lipinski definition) is 2. The minimum atomic E-state index is -2.96. The zero-order valence-electron chi connectivity index (χ0n) is 8.60. The van der Waals surface area contributed by atoms with Crippen LogP contribution in [0.5, 0.6) is 0 Å². The molecule has 0 radical (unpaired) electrons. The van der Waals surface area contributed by atoms with Crippen LogP contribution in [0.1, 0.15) is 31.1 Å². The van der Waals surface area contributed by atoms with Crippen molar-refractivity contribution in [2.75, 3.05) is 5.75 Å². The zero-order valence-corrected chi connectivity index (χ0v) is 9.42. The van der Waals surface area contributed by atoms with Crippen molar-refractivity contribution in [2.24, 2.45) is 0 Å². The van der Waals surface area contributed by atoms with E-state index in [4.69, 9.17) is 0 Å². The van der Waals surface area contributed by atoms with Gasteiger partial charge in [0.2, 0.25) is 0 Å². The van der Waals surface area contributed by atoms with E-state index >= 15 is 0 Å². The second-order valence-electron chi connectivity index (χ2n) is 3.42. The maximum absolute atomic E-state index is 11.7. The number of rotatable bonds is 4. The quantitative estimate of drug-likeness (QED) is 0.768. The predicted octanol–water partition coefficient (Wildman–Crippen LogP) is 2.57. The summed E-state index contributed by atoms with van der Waals surface area (Å²) in [6.07, 6.45) is 0.680. The molecule has 3 heteroatoms. The lowest BCUT2D eigenvalue weighted by Gasteiger charge is -2.12. The van der Waals surface area contributed by atoms with Gasteiger partial charge in [-0.05, 0) is 18.9 Å². The highest BCUT2D eigenvalue weighted by atomic mass is 32.2. The number of hydrogen-bond donors (Lipinski definition) is 0. The van der Waals surface area contributed by atoms with Gasteiger partial charge in [-0.25, -0.2) is 8.42 Å². The Bertz CT molecular complexity index is 368. The average molecular weight is 212 g/mol. The van der Waals surface area contributed by atoms with Crippen molar-refractivity contribution >= 4 is 9.84 Å². The molecule has 0 aromatic heterocycles. The minimum Gasteiger partial charge on any atom is -0.228 e. The third-order valence-corrected chi connectivity index (χ3v) is 4.62. The largest absolute Gasteiger partial charge is 0.228 e. The fourth-order valence-corrected chi connectivity index (χ4v) is 2.89. The first-order valence-electron chi connectivity index (χ1n) is 4.84. The lowest BCUT2D eigenvalue weighted by atomic mass is 10.2. The van der Waals surface area contributed by atoms with Crippen LogP contribution in [0.15, 0.2) is 30.3 Å². The minimum absolute atomic E-state index is 0.267. The van der Waals surface area contributed by atoms with Gasteiger partial charge in [0, 0.05) is 0 Å². The zero-order chi connectivity index (χ0) is 10.6. The van der Waals surface area contributed by atoms with Gasteiger partial charge >= 0.3 is 0 Å². The molecular formula is C11H16O2S. The van der Waals surface area contributed by atoms with Crippen LogP contribution in [0.2, 0.25) is 0 Å². The summed E-state index contributed by atoms with van der Waals surface area (Å²) < 4.78 is 23.5. The van der Waals surface area contributed by atoms with Gasteiger partial charge in [-0.15, -0.1) is 0 Å². The summed E-state index contributed by atoms with van der Waals surface area (Å²) in [6.45, 7) is 3.63. The van der Waals surface area contributed by atoms with E-state index in [9.17, 15) is 8.42 Å². The van der Waals surface area contributed by atoms with Gasteiger partial charge in [0.15, 0.2) is 9.84 Å². The molecule has 0 fully saturated rings. The van der Waals surface area contributed by atoms with Crippen molar-refractivity contribution in [3.05, 3.63) is 35.9 Å². The van der Waals surface area contributed by atoms with Crippen LogP contribution in [0, 0.1) is 0 Å². The van der Waals surface area contributed by atoms with Gasteiger partial charge in [0.05, 0.1) is 11.0 Å². The molecule has 0 saturated heterocycles. The molecule has 0 heterocycles. The predicted molar refractivity (Wildman–Crippen MR) is 58.9 cm³/mol. The molecule has 1 aromatic rings. The number of benzene rings is 1. The van der Waals surface area contributed by atoms with Crippen molar-refractivity contribution in [3.8, 4) is 0 Å². The Morgan fingerprint density at radius 3 is 2.29 bits per heavy atom. The normalized spacial score (nSPS) is 13.9. The smallest absolute Gasteiger partial charge is 0.157 e. The molecule has 78 valence electrons. The molecule has 0 amide bonds. The second kappa shape index (κ2) is 4.60. The van der Waals surface area contributed by atoms with Crippen molar-refractivity contribution < 1.29 is 8.42 Å².